The highest BCUT2D eigenvalue weighted by Crippen LogP contribution is 2.37. The van der Waals surface area contributed by atoms with Gasteiger partial charge < -0.3 is 46.0 Å². The van der Waals surface area contributed by atoms with E-state index in [1.807, 2.05) is 67.7 Å². The van der Waals surface area contributed by atoms with Crippen LogP contribution in [0.5, 0.6) is 0 Å². The van der Waals surface area contributed by atoms with Crippen molar-refractivity contribution in [1.29, 1.82) is 0 Å². The van der Waals surface area contributed by atoms with E-state index in [0.29, 0.717) is 25.6 Å². The summed E-state index contributed by atoms with van der Waals surface area (Å²) in [7, 11) is 13.3. The van der Waals surface area contributed by atoms with E-state index in [9.17, 15) is 24.0 Å². The topological polar surface area (TPSA) is 178 Å². The van der Waals surface area contributed by atoms with E-state index in [2.05, 4.69) is 46.2 Å². The van der Waals surface area contributed by atoms with Gasteiger partial charge in [-0.25, -0.2) is 0 Å². The number of carbonyl (C=O) groups is 5. The Morgan fingerprint density at radius 1 is 0.889 bits per heavy atom. The van der Waals surface area contributed by atoms with E-state index in [-0.39, 0.29) is 48.9 Å². The van der Waals surface area contributed by atoms with Crippen molar-refractivity contribution in [2.45, 2.75) is 103 Å². The number of hydrogen-bond donors (Lipinski definition) is 4. The number of nitrogens with zero attached hydrogens (tertiary/aromatic N) is 7. The third kappa shape index (κ3) is 14.6. The lowest BCUT2D eigenvalue weighted by Gasteiger charge is -2.46. The molecule has 4 fully saturated rings. The molecule has 16 heteroatoms. The van der Waals surface area contributed by atoms with Gasteiger partial charge in [-0.2, -0.15) is 0 Å². The molecular weight excluding hydrogens is 692 g/mol. The number of nitrogens with two attached hydrogens (primary N) is 1. The van der Waals surface area contributed by atoms with Crippen molar-refractivity contribution in [3.8, 4) is 0 Å². The quantitative estimate of drug-likeness (QED) is 0.252. The van der Waals surface area contributed by atoms with Crippen LogP contribution in [0, 0.1) is 11.8 Å². The molecule has 4 amide bonds. The highest BCUT2D eigenvalue weighted by atomic mass is 16.4. The molecule has 0 radical (unpaired) electrons. The Labute approximate surface area is 330 Å². The molecule has 4 saturated heterocycles. The van der Waals surface area contributed by atoms with E-state index < -0.39 is 29.8 Å². The third-order valence-electron chi connectivity index (χ3n) is 11.3. The fraction of sp³-hybridized carbons (Fsp3) is 0.868. The maximum atomic E-state index is 12.3. The number of nitrogens with one attached hydrogen (secondary N) is 2. The fourth-order valence-corrected chi connectivity index (χ4v) is 6.94. The largest absolute Gasteiger partial charge is 0.480 e. The standard InChI is InChI=1S/C14H28N4O2.C10H18N2O.C9H19N3O.C5H11NO2.H2/c1-11(16(4)5)13(20)15-14(2,3)12-9-17(6)7-8-18(12)10-19;1-10(2)8-6-12(3)5-4-7(8)9(13)11-10;1-9(2,10)8-6-11(3)4-5-12(8)7-13;1-4(5(7)8)6(2)3;/h10-12H,7-9H2,1-6H3,(H,15,20);7-8H,4-6H2,1-3H3,(H,11,13);7-8H,4-6,10H2,1-3H3;4H,1-3H3,(H,7,8);1H/i10D;;7D;;1+1. The average Bonchev–Trinajstić information content (AvgIpc) is 3.30. The lowest BCUT2D eigenvalue weighted by Crippen LogP contribution is -2.66. The van der Waals surface area contributed by atoms with Crippen molar-refractivity contribution in [2.75, 3.05) is 102 Å². The highest BCUT2D eigenvalue weighted by molar-refractivity contribution is 5.83. The molecule has 4 heterocycles. The van der Waals surface area contributed by atoms with Gasteiger partial charge in [-0.05, 0) is 118 Å². The maximum absolute atomic E-state index is 12.3. The number of amides is 4. The van der Waals surface area contributed by atoms with E-state index >= 15 is 0 Å². The van der Waals surface area contributed by atoms with Crippen LogP contribution in [0.25, 0.3) is 0 Å². The molecule has 4 rings (SSSR count). The number of hydrogen-bond acceptors (Lipinski definition) is 11. The number of likely N-dealkylation sites (tertiary alicyclic amines) is 1. The first-order chi connectivity index (χ1) is 25.4. The van der Waals surface area contributed by atoms with Crippen LogP contribution in [0.2, 0.25) is 0 Å². The SMILES string of the molecule is CC(C(=O)O)N(C)C.CN1CCC2C(=O)NC(C)(C)C2C1.[2HH].[2H]C(=O)N1CCN(C)CC1C(C)(C)N.[2H]C(=O)N1CCN(C)CC1C(C)(C)NC(=O)C(C)N(C)C. The van der Waals surface area contributed by atoms with Gasteiger partial charge in [0, 0.05) is 70.2 Å². The summed E-state index contributed by atoms with van der Waals surface area (Å²) < 4.78 is 14.6. The van der Waals surface area contributed by atoms with Crippen molar-refractivity contribution in [2.24, 2.45) is 17.6 Å². The number of aliphatic carboxylic acids is 1. The molecule has 4 aliphatic heterocycles. The summed E-state index contributed by atoms with van der Waals surface area (Å²) in [5.41, 5.74) is 4.95. The number of carboxylic acid groups (broad SMARTS) is 1. The normalized spacial score (nSPS) is 26.6. The Hall–Kier alpha value is -2.89. The predicted molar refractivity (Wildman–Crippen MR) is 216 cm³/mol. The molecule has 0 aromatic heterocycles. The van der Waals surface area contributed by atoms with Crippen LogP contribution in [0.4, 0.5) is 0 Å². The summed E-state index contributed by atoms with van der Waals surface area (Å²) in [6, 6.07) is -0.897. The fourth-order valence-electron chi connectivity index (χ4n) is 6.94. The smallest absolute Gasteiger partial charge is 0.320 e. The molecule has 6 atom stereocenters. The Morgan fingerprint density at radius 2 is 1.33 bits per heavy atom. The van der Waals surface area contributed by atoms with Gasteiger partial charge >= 0.3 is 5.97 Å². The number of fused-ring (bicyclic) bond motifs is 1. The summed E-state index contributed by atoms with van der Waals surface area (Å²) in [5.74, 6) is 0.179. The lowest BCUT2D eigenvalue weighted by molar-refractivity contribution is -0.141. The monoisotopic (exact) mass is 774 g/mol. The summed E-state index contributed by atoms with van der Waals surface area (Å²) in [4.78, 5) is 69.8. The van der Waals surface area contributed by atoms with E-state index in [0.717, 1.165) is 39.1 Å². The Kier molecular flexibility index (Phi) is 17.6. The van der Waals surface area contributed by atoms with Crippen molar-refractivity contribution in [3.05, 3.63) is 0 Å². The molecule has 54 heavy (non-hydrogen) atoms. The van der Waals surface area contributed by atoms with Gasteiger partial charge in [0.05, 0.1) is 23.7 Å². The Morgan fingerprint density at radius 3 is 1.74 bits per heavy atom. The zero-order valence-corrected chi connectivity index (χ0v) is 36.0. The molecule has 0 bridgehead atoms. The summed E-state index contributed by atoms with van der Waals surface area (Å²) in [6.07, 6.45) is -0.283. The molecule has 0 aromatic carbocycles. The van der Waals surface area contributed by atoms with Gasteiger partial charge in [-0.15, -0.1) is 0 Å². The number of carbonyl (C=O) groups excluding carboxylic acids is 4. The molecular formula is C38H78N10O6. The van der Waals surface area contributed by atoms with Gasteiger partial charge in [0.1, 0.15) is 8.78 Å². The molecule has 5 N–H and O–H groups in total. The molecule has 16 nitrogen and oxygen atoms in total. The third-order valence-corrected chi connectivity index (χ3v) is 11.3. The minimum Gasteiger partial charge on any atom is -0.480 e. The molecule has 0 spiro atoms. The van der Waals surface area contributed by atoms with Crippen molar-refractivity contribution < 1.29 is 33.2 Å². The van der Waals surface area contributed by atoms with Gasteiger partial charge in [0.25, 0.3) is 0 Å². The predicted octanol–water partition coefficient (Wildman–Crippen LogP) is -0.170. The van der Waals surface area contributed by atoms with Gasteiger partial charge in [0.2, 0.25) is 24.6 Å². The van der Waals surface area contributed by atoms with E-state index in [4.69, 9.17) is 13.6 Å². The molecule has 316 valence electrons. The highest BCUT2D eigenvalue weighted by Gasteiger charge is 2.49. The minimum absolute atomic E-state index is 0. The second-order valence-electron chi connectivity index (χ2n) is 17.8. The van der Waals surface area contributed by atoms with Crippen LogP contribution in [-0.4, -0.2) is 212 Å². The number of piperidine rings is 1. The van der Waals surface area contributed by atoms with Crippen LogP contribution in [0.3, 0.4) is 0 Å². The van der Waals surface area contributed by atoms with Crippen molar-refractivity contribution in [1.82, 2.24) is 44.9 Å². The van der Waals surface area contributed by atoms with Crippen molar-refractivity contribution >= 4 is 30.6 Å². The number of carboxylic acids is 1. The average molecular weight is 774 g/mol. The Bertz CT molecular complexity index is 1330. The first-order valence-corrected chi connectivity index (χ1v) is 19.0. The maximum Gasteiger partial charge on any atom is 0.320 e. The lowest BCUT2D eigenvalue weighted by atomic mass is 9.78. The molecule has 0 saturated carbocycles. The van der Waals surface area contributed by atoms with Crippen molar-refractivity contribution in [3.63, 3.8) is 0 Å². The van der Waals surface area contributed by atoms with E-state index in [1.54, 1.807) is 35.7 Å². The second-order valence-corrected chi connectivity index (χ2v) is 17.8. The zero-order valence-electron chi connectivity index (χ0n) is 38.0. The molecule has 6 unspecified atom stereocenters. The van der Waals surface area contributed by atoms with Crippen LogP contribution in [0.1, 0.15) is 66.0 Å². The first-order valence-electron chi connectivity index (χ1n) is 20.0. The second kappa shape index (κ2) is 20.9. The Balaban J connectivity index is 0.000000767. The minimum atomic E-state index is -0.782. The van der Waals surface area contributed by atoms with Gasteiger partial charge in [-0.3, -0.25) is 33.8 Å². The molecule has 0 aromatic rings. The van der Waals surface area contributed by atoms with Crippen LogP contribution < -0.4 is 16.4 Å². The van der Waals surface area contributed by atoms with E-state index in [1.165, 1.54) is 0 Å². The molecule has 0 aliphatic carbocycles. The van der Waals surface area contributed by atoms with Gasteiger partial charge in [0.15, 0.2) is 0 Å². The zero-order chi connectivity index (χ0) is 43.7. The first kappa shape index (κ1) is 45.5. The van der Waals surface area contributed by atoms with Crippen LogP contribution in [0.15, 0.2) is 0 Å². The van der Waals surface area contributed by atoms with Crippen LogP contribution >= 0.6 is 0 Å². The number of likely N-dealkylation sites (N-methyl/N-ethyl adjacent to an activating group) is 4. The summed E-state index contributed by atoms with van der Waals surface area (Å²) >= 11 is 0. The number of piperazine rings is 2. The van der Waals surface area contributed by atoms with Crippen LogP contribution in [-0.2, 0) is 24.0 Å². The van der Waals surface area contributed by atoms with Gasteiger partial charge in [-0.1, -0.05) is 0 Å². The summed E-state index contributed by atoms with van der Waals surface area (Å²) in [5, 5.41) is 14.4. The molecule has 4 aliphatic rings. The summed E-state index contributed by atoms with van der Waals surface area (Å²) in [6.45, 7) is 21.5. The number of rotatable bonds is 7.